The van der Waals surface area contributed by atoms with E-state index in [2.05, 4.69) is 38.1 Å². The van der Waals surface area contributed by atoms with Gasteiger partial charge in [-0.2, -0.15) is 0 Å². The zero-order valence-electron chi connectivity index (χ0n) is 8.62. The molecule has 0 unspecified atom stereocenters. The summed E-state index contributed by atoms with van der Waals surface area (Å²) in [7, 11) is 6.12. The van der Waals surface area contributed by atoms with Crippen molar-refractivity contribution in [3.05, 3.63) is 42.0 Å². The van der Waals surface area contributed by atoms with Gasteiger partial charge in [-0.05, 0) is 16.7 Å². The molecule has 0 heterocycles. The molecule has 0 N–H and O–H groups in total. The summed E-state index contributed by atoms with van der Waals surface area (Å²) in [6.07, 6.45) is 0. The number of fused-ring (bicyclic) bond motifs is 1. The summed E-state index contributed by atoms with van der Waals surface area (Å²) in [6, 6.07) is 12.5. The van der Waals surface area contributed by atoms with E-state index in [-0.39, 0.29) is 0 Å². The van der Waals surface area contributed by atoms with E-state index < -0.39 is 0 Å². The van der Waals surface area contributed by atoms with Gasteiger partial charge in [0.2, 0.25) is 0 Å². The van der Waals surface area contributed by atoms with Crippen LogP contribution in [-0.2, 0) is 0 Å². The molecule has 0 saturated carbocycles. The summed E-state index contributed by atoms with van der Waals surface area (Å²) < 4.78 is 0. The molecule has 1 heteroatoms. The maximum Gasteiger partial charge on any atom is 0.115 e. The van der Waals surface area contributed by atoms with Gasteiger partial charge in [0, 0.05) is 0 Å². The van der Waals surface area contributed by atoms with E-state index in [1.54, 1.807) is 0 Å². The third-order valence-corrected chi connectivity index (χ3v) is 2.63. The van der Waals surface area contributed by atoms with Gasteiger partial charge in [0.15, 0.2) is 0 Å². The Labute approximate surface area is 86.4 Å². The molecule has 0 nitrogen and oxygen atoms in total. The molecule has 2 radical (unpaired) electrons. The highest BCUT2D eigenvalue weighted by molar-refractivity contribution is 6.39. The van der Waals surface area contributed by atoms with E-state index in [1.165, 1.54) is 16.3 Å². The Bertz CT molecular complexity index is 458. The van der Waals surface area contributed by atoms with Crippen LogP contribution >= 0.6 is 0 Å². The highest BCUT2D eigenvalue weighted by Crippen LogP contribution is 2.18. The van der Waals surface area contributed by atoms with Crippen molar-refractivity contribution in [2.24, 2.45) is 0 Å². The topological polar surface area (TPSA) is 0 Å². The van der Waals surface area contributed by atoms with E-state index in [0.717, 1.165) is 5.46 Å². The average Bonchev–Trinajstić information content (AvgIpc) is 2.18. The molecule has 2 aromatic carbocycles. The minimum Gasteiger partial charge on any atom is -0.0856 e. The van der Waals surface area contributed by atoms with Crippen LogP contribution in [0.25, 0.3) is 10.8 Å². The van der Waals surface area contributed by atoms with Gasteiger partial charge in [-0.15, -0.1) is 0 Å². The van der Waals surface area contributed by atoms with Gasteiger partial charge in [0.25, 0.3) is 0 Å². The molecule has 0 saturated heterocycles. The van der Waals surface area contributed by atoms with Crippen molar-refractivity contribution in [1.29, 1.82) is 0 Å². The van der Waals surface area contributed by atoms with Crippen LogP contribution in [0.3, 0.4) is 0 Å². The molecule has 0 spiro atoms. The van der Waals surface area contributed by atoms with Gasteiger partial charge >= 0.3 is 0 Å². The molecular weight excluding hydrogens is 167 g/mol. The Morgan fingerprint density at radius 2 is 1.71 bits per heavy atom. The van der Waals surface area contributed by atoms with Crippen LogP contribution < -0.4 is 5.46 Å². The molecule has 2 aromatic rings. The predicted octanol–water partition coefficient (Wildman–Crippen LogP) is 2.76. The molecule has 0 amide bonds. The maximum absolute atomic E-state index is 6.12. The molecule has 0 aliphatic rings. The fourth-order valence-electron chi connectivity index (χ4n) is 1.82. The van der Waals surface area contributed by atoms with Gasteiger partial charge in [-0.1, -0.05) is 61.3 Å². The highest BCUT2D eigenvalue weighted by Gasteiger charge is 2.05. The van der Waals surface area contributed by atoms with Crippen molar-refractivity contribution in [3.8, 4) is 0 Å². The molecule has 0 fully saturated rings. The van der Waals surface area contributed by atoms with Gasteiger partial charge < -0.3 is 0 Å². The van der Waals surface area contributed by atoms with E-state index in [1.807, 2.05) is 12.1 Å². The predicted molar refractivity (Wildman–Crippen MR) is 63.4 cm³/mol. The van der Waals surface area contributed by atoms with Crippen LogP contribution in [0.4, 0.5) is 0 Å². The second kappa shape index (κ2) is 3.49. The lowest BCUT2D eigenvalue weighted by Gasteiger charge is -2.12. The third kappa shape index (κ3) is 1.43. The van der Waals surface area contributed by atoms with Crippen molar-refractivity contribution >= 4 is 24.1 Å². The van der Waals surface area contributed by atoms with Crippen LogP contribution in [0.2, 0.25) is 0 Å². The van der Waals surface area contributed by atoms with Crippen molar-refractivity contribution in [1.82, 2.24) is 0 Å². The summed E-state index contributed by atoms with van der Waals surface area (Å²) in [6.45, 7) is 4.33. The fraction of sp³-hybridized carbons (Fsp3) is 0.231. The van der Waals surface area contributed by atoms with Gasteiger partial charge in [-0.25, -0.2) is 0 Å². The quantitative estimate of drug-likeness (QED) is 0.592. The van der Waals surface area contributed by atoms with Crippen LogP contribution in [0.1, 0.15) is 25.3 Å². The van der Waals surface area contributed by atoms with E-state index in [4.69, 9.17) is 7.85 Å². The first-order valence-corrected chi connectivity index (χ1v) is 4.97. The van der Waals surface area contributed by atoms with E-state index in [9.17, 15) is 0 Å². The first kappa shape index (κ1) is 9.33. The Balaban J connectivity index is 2.75. The van der Waals surface area contributed by atoms with E-state index in [0.29, 0.717) is 5.92 Å². The summed E-state index contributed by atoms with van der Waals surface area (Å²) in [5, 5.41) is 2.38. The zero-order valence-corrected chi connectivity index (χ0v) is 8.62. The number of rotatable bonds is 1. The lowest BCUT2D eigenvalue weighted by atomic mass is 9.81. The first-order valence-electron chi connectivity index (χ1n) is 4.97. The zero-order chi connectivity index (χ0) is 10.1. The van der Waals surface area contributed by atoms with Crippen LogP contribution in [-0.4, -0.2) is 7.85 Å². The van der Waals surface area contributed by atoms with Gasteiger partial charge in [0.1, 0.15) is 7.85 Å². The lowest BCUT2D eigenvalue weighted by Crippen LogP contribution is -2.12. The lowest BCUT2D eigenvalue weighted by molar-refractivity contribution is 0.875. The molecule has 0 aliphatic carbocycles. The van der Waals surface area contributed by atoms with Crippen molar-refractivity contribution in [3.63, 3.8) is 0 Å². The van der Waals surface area contributed by atoms with Crippen LogP contribution in [0.15, 0.2) is 36.4 Å². The molecule has 14 heavy (non-hydrogen) atoms. The molecule has 0 aromatic heterocycles. The number of hydrogen-bond acceptors (Lipinski definition) is 0. The highest BCUT2D eigenvalue weighted by atomic mass is 14.1. The number of benzene rings is 2. The minimum atomic E-state index is 0.486. The fourth-order valence-corrected chi connectivity index (χ4v) is 1.82. The Hall–Kier alpha value is -1.24. The Morgan fingerprint density at radius 3 is 2.43 bits per heavy atom. The second-order valence-corrected chi connectivity index (χ2v) is 3.94. The van der Waals surface area contributed by atoms with Crippen molar-refractivity contribution < 1.29 is 0 Å². The van der Waals surface area contributed by atoms with Crippen LogP contribution in [0, 0.1) is 0 Å². The monoisotopic (exact) mass is 180 g/mol. The maximum atomic E-state index is 6.12. The largest absolute Gasteiger partial charge is 0.115 e. The molecule has 68 valence electrons. The molecular formula is C13H13B. The smallest absolute Gasteiger partial charge is 0.0856 e. The normalized spacial score (nSPS) is 11.1. The Morgan fingerprint density at radius 1 is 1.00 bits per heavy atom. The molecule has 0 bridgehead atoms. The first-order chi connectivity index (χ1) is 6.70. The van der Waals surface area contributed by atoms with E-state index >= 15 is 0 Å². The Kier molecular flexibility index (Phi) is 2.32. The summed E-state index contributed by atoms with van der Waals surface area (Å²) in [5.41, 5.74) is 2.17. The van der Waals surface area contributed by atoms with Crippen LogP contribution in [0.5, 0.6) is 0 Å². The summed E-state index contributed by atoms with van der Waals surface area (Å²) >= 11 is 0. The minimum absolute atomic E-state index is 0.486. The average molecular weight is 180 g/mol. The van der Waals surface area contributed by atoms with Crippen molar-refractivity contribution in [2.75, 3.05) is 0 Å². The standard InChI is InChI=1S/C13H13B/c1-9(2)11-8-7-10-5-3-4-6-12(10)13(11)14/h3-9H,1-2H3. The van der Waals surface area contributed by atoms with Crippen molar-refractivity contribution in [2.45, 2.75) is 19.8 Å². The third-order valence-electron chi connectivity index (χ3n) is 2.63. The summed E-state index contributed by atoms with van der Waals surface area (Å²) in [5.74, 6) is 0.486. The van der Waals surface area contributed by atoms with Gasteiger partial charge in [0.05, 0.1) is 0 Å². The molecule has 0 atom stereocenters. The number of hydrogen-bond donors (Lipinski definition) is 0. The second-order valence-electron chi connectivity index (χ2n) is 3.94. The van der Waals surface area contributed by atoms with Gasteiger partial charge in [-0.3, -0.25) is 0 Å². The summed E-state index contributed by atoms with van der Waals surface area (Å²) in [4.78, 5) is 0. The molecule has 0 aliphatic heterocycles. The molecule has 2 rings (SSSR count). The SMILES string of the molecule is [B]c1c(C(C)C)ccc2ccccc12.